The zero-order valence-electron chi connectivity index (χ0n) is 11.6. The van der Waals surface area contributed by atoms with Crippen LogP contribution < -0.4 is 4.74 Å². The number of benzene rings is 2. The molecule has 0 bridgehead atoms. The third-order valence-electron chi connectivity index (χ3n) is 3.26. The van der Waals surface area contributed by atoms with Gasteiger partial charge in [0.05, 0.1) is 18.4 Å². The predicted octanol–water partition coefficient (Wildman–Crippen LogP) is 4.43. The Hall–Kier alpha value is -2.53. The number of ether oxygens (including phenoxy) is 1. The van der Waals surface area contributed by atoms with Crippen LogP contribution in [-0.4, -0.2) is 23.4 Å². The minimum absolute atomic E-state index is 0.0185. The predicted molar refractivity (Wildman–Crippen MR) is 85.2 cm³/mol. The minimum Gasteiger partial charge on any atom is -0.494 e. The van der Waals surface area contributed by atoms with E-state index in [0.717, 1.165) is 10.9 Å². The van der Waals surface area contributed by atoms with Crippen molar-refractivity contribution in [1.29, 1.82) is 0 Å². The molecule has 0 radical (unpaired) electrons. The van der Waals surface area contributed by atoms with Gasteiger partial charge in [0.15, 0.2) is 17.4 Å². The standard InChI is InChI=1S/C16H12ClFN2O2/c1-22-15-5-3-10(7-13(15)18)19-8-12-11-6-9(17)2-4-14(11)20-16(12)21/h2-8,20-21H,1H3. The van der Waals surface area contributed by atoms with Crippen molar-refractivity contribution in [1.82, 2.24) is 4.98 Å². The molecular formula is C16H12ClFN2O2. The molecule has 0 saturated carbocycles. The fraction of sp³-hybridized carbons (Fsp3) is 0.0625. The Bertz CT molecular complexity index is 874. The highest BCUT2D eigenvalue weighted by Crippen LogP contribution is 2.29. The third kappa shape index (κ3) is 2.63. The summed E-state index contributed by atoms with van der Waals surface area (Å²) in [5.74, 6) is -0.362. The highest BCUT2D eigenvalue weighted by atomic mass is 35.5. The summed E-state index contributed by atoms with van der Waals surface area (Å²) in [5.41, 5.74) is 1.65. The van der Waals surface area contributed by atoms with Crippen molar-refractivity contribution in [3.8, 4) is 11.6 Å². The molecule has 2 N–H and O–H groups in total. The lowest BCUT2D eigenvalue weighted by molar-refractivity contribution is 0.386. The van der Waals surface area contributed by atoms with Crippen molar-refractivity contribution in [3.05, 3.63) is 52.8 Å². The Labute approximate surface area is 130 Å². The normalized spacial score (nSPS) is 11.4. The largest absolute Gasteiger partial charge is 0.494 e. The molecule has 0 unspecified atom stereocenters. The number of aromatic nitrogens is 1. The van der Waals surface area contributed by atoms with Gasteiger partial charge in [0, 0.05) is 28.2 Å². The molecule has 3 rings (SSSR count). The summed E-state index contributed by atoms with van der Waals surface area (Å²) >= 11 is 5.97. The Kier molecular flexibility index (Phi) is 3.73. The Morgan fingerprint density at radius 2 is 2.09 bits per heavy atom. The van der Waals surface area contributed by atoms with Gasteiger partial charge >= 0.3 is 0 Å². The first-order chi connectivity index (χ1) is 10.6. The Balaban J connectivity index is 2.00. The summed E-state index contributed by atoms with van der Waals surface area (Å²) in [4.78, 5) is 7.01. The van der Waals surface area contributed by atoms with Crippen molar-refractivity contribution in [2.75, 3.05) is 7.11 Å². The van der Waals surface area contributed by atoms with Crippen molar-refractivity contribution >= 4 is 34.4 Å². The maximum atomic E-state index is 13.6. The van der Waals surface area contributed by atoms with Crippen LogP contribution in [0.3, 0.4) is 0 Å². The quantitative estimate of drug-likeness (QED) is 0.702. The Morgan fingerprint density at radius 1 is 1.27 bits per heavy atom. The van der Waals surface area contributed by atoms with Gasteiger partial charge in [-0.3, -0.25) is 4.99 Å². The topological polar surface area (TPSA) is 57.6 Å². The molecule has 22 heavy (non-hydrogen) atoms. The molecule has 6 heteroatoms. The molecular weight excluding hydrogens is 307 g/mol. The molecule has 112 valence electrons. The number of methoxy groups -OCH3 is 1. The minimum atomic E-state index is -0.497. The van der Waals surface area contributed by atoms with Gasteiger partial charge in [-0.05, 0) is 30.3 Å². The fourth-order valence-corrected chi connectivity index (χ4v) is 2.35. The van der Waals surface area contributed by atoms with Crippen molar-refractivity contribution in [2.24, 2.45) is 4.99 Å². The maximum Gasteiger partial charge on any atom is 0.198 e. The molecule has 0 aliphatic rings. The average Bonchev–Trinajstić information content (AvgIpc) is 2.80. The number of hydrogen-bond donors (Lipinski definition) is 2. The first-order valence-electron chi connectivity index (χ1n) is 6.46. The number of aromatic hydroxyl groups is 1. The molecule has 0 aliphatic heterocycles. The van der Waals surface area contributed by atoms with E-state index in [1.54, 1.807) is 24.3 Å². The van der Waals surface area contributed by atoms with Gasteiger partial charge in [-0.2, -0.15) is 0 Å². The smallest absolute Gasteiger partial charge is 0.198 e. The van der Waals surface area contributed by atoms with E-state index in [0.29, 0.717) is 16.3 Å². The van der Waals surface area contributed by atoms with Crippen LogP contribution in [0.25, 0.3) is 10.9 Å². The molecule has 1 heterocycles. The second-order valence-electron chi connectivity index (χ2n) is 4.65. The number of hydrogen-bond acceptors (Lipinski definition) is 3. The van der Waals surface area contributed by atoms with E-state index in [1.165, 1.54) is 25.5 Å². The van der Waals surface area contributed by atoms with Gasteiger partial charge in [-0.15, -0.1) is 0 Å². The zero-order chi connectivity index (χ0) is 15.7. The van der Waals surface area contributed by atoms with Gasteiger partial charge in [0.25, 0.3) is 0 Å². The van der Waals surface area contributed by atoms with E-state index in [2.05, 4.69) is 9.98 Å². The van der Waals surface area contributed by atoms with Crippen LogP contribution >= 0.6 is 11.6 Å². The van der Waals surface area contributed by atoms with E-state index in [4.69, 9.17) is 16.3 Å². The van der Waals surface area contributed by atoms with E-state index in [9.17, 15) is 9.50 Å². The first-order valence-corrected chi connectivity index (χ1v) is 6.84. The van der Waals surface area contributed by atoms with E-state index < -0.39 is 5.82 Å². The number of nitrogens with zero attached hydrogens (tertiary/aromatic N) is 1. The summed E-state index contributed by atoms with van der Waals surface area (Å²) in [7, 11) is 1.40. The second kappa shape index (κ2) is 5.69. The number of aromatic amines is 1. The second-order valence-corrected chi connectivity index (χ2v) is 5.09. The van der Waals surface area contributed by atoms with Crippen LogP contribution in [0.5, 0.6) is 11.6 Å². The third-order valence-corrected chi connectivity index (χ3v) is 3.49. The zero-order valence-corrected chi connectivity index (χ0v) is 12.4. The van der Waals surface area contributed by atoms with Crippen molar-refractivity contribution < 1.29 is 14.2 Å². The number of H-pyrrole nitrogens is 1. The highest BCUT2D eigenvalue weighted by molar-refractivity contribution is 6.31. The van der Waals surface area contributed by atoms with Gasteiger partial charge in [0.2, 0.25) is 0 Å². The number of nitrogens with one attached hydrogen (secondary N) is 1. The summed E-state index contributed by atoms with van der Waals surface area (Å²) in [6, 6.07) is 9.59. The highest BCUT2D eigenvalue weighted by Gasteiger charge is 2.09. The molecule has 2 aromatic carbocycles. The molecule has 0 fully saturated rings. The monoisotopic (exact) mass is 318 g/mol. The molecule has 1 aromatic heterocycles. The van der Waals surface area contributed by atoms with Crippen LogP contribution in [0.1, 0.15) is 5.56 Å². The van der Waals surface area contributed by atoms with Crippen LogP contribution in [0, 0.1) is 5.82 Å². The van der Waals surface area contributed by atoms with E-state index >= 15 is 0 Å². The van der Waals surface area contributed by atoms with Crippen LogP contribution in [0.4, 0.5) is 10.1 Å². The van der Waals surface area contributed by atoms with Crippen LogP contribution in [0.2, 0.25) is 5.02 Å². The molecule has 0 amide bonds. The van der Waals surface area contributed by atoms with Gasteiger partial charge in [-0.1, -0.05) is 11.6 Å². The number of fused-ring (bicyclic) bond motifs is 1. The summed E-state index contributed by atoms with van der Waals surface area (Å²) in [5, 5.41) is 11.2. The Morgan fingerprint density at radius 3 is 2.82 bits per heavy atom. The van der Waals surface area contributed by atoms with E-state index in [-0.39, 0.29) is 11.6 Å². The van der Waals surface area contributed by atoms with Gasteiger partial charge in [-0.25, -0.2) is 4.39 Å². The summed E-state index contributed by atoms with van der Waals surface area (Å²) in [6.45, 7) is 0. The molecule has 0 aliphatic carbocycles. The molecule has 0 atom stereocenters. The molecule has 0 saturated heterocycles. The lowest BCUT2D eigenvalue weighted by Gasteiger charge is -2.01. The SMILES string of the molecule is COc1ccc(N=Cc2c(O)[nH]c3ccc(Cl)cc23)cc1F. The fourth-order valence-electron chi connectivity index (χ4n) is 2.18. The van der Waals surface area contributed by atoms with Crippen molar-refractivity contribution in [3.63, 3.8) is 0 Å². The molecule has 3 aromatic rings. The maximum absolute atomic E-state index is 13.6. The van der Waals surface area contributed by atoms with E-state index in [1.807, 2.05) is 0 Å². The lowest BCUT2D eigenvalue weighted by Crippen LogP contribution is -1.86. The van der Waals surface area contributed by atoms with Crippen LogP contribution in [-0.2, 0) is 0 Å². The first kappa shape index (κ1) is 14.4. The van der Waals surface area contributed by atoms with Crippen LogP contribution in [0.15, 0.2) is 41.4 Å². The number of halogens is 2. The molecule has 0 spiro atoms. The number of rotatable bonds is 3. The average molecular weight is 319 g/mol. The van der Waals surface area contributed by atoms with Gasteiger partial charge in [0.1, 0.15) is 0 Å². The number of aliphatic imine (C=N–C) groups is 1. The summed E-state index contributed by atoms with van der Waals surface area (Å²) in [6.07, 6.45) is 1.46. The molecule has 4 nitrogen and oxygen atoms in total. The van der Waals surface area contributed by atoms with Crippen molar-refractivity contribution in [2.45, 2.75) is 0 Å². The summed E-state index contributed by atoms with van der Waals surface area (Å²) < 4.78 is 18.5. The lowest BCUT2D eigenvalue weighted by atomic mass is 10.2. The van der Waals surface area contributed by atoms with Gasteiger partial charge < -0.3 is 14.8 Å².